The molecule has 1 aromatic carbocycles. The van der Waals surface area contributed by atoms with Gasteiger partial charge in [-0.05, 0) is 38.5 Å². The number of fused-ring (bicyclic) bond motifs is 1. The average Bonchev–Trinajstić information content (AvgIpc) is 3.27. The Balaban J connectivity index is 2.00. The zero-order chi connectivity index (χ0) is 22.1. The van der Waals surface area contributed by atoms with Crippen molar-refractivity contribution < 1.29 is 23.1 Å². The first-order valence-corrected chi connectivity index (χ1v) is 9.41. The quantitative estimate of drug-likeness (QED) is 0.513. The second kappa shape index (κ2) is 8.21. The van der Waals surface area contributed by atoms with Crippen LogP contribution in [0.1, 0.15) is 49.2 Å². The number of amides is 1. The molecule has 0 fully saturated rings. The normalized spacial score (nSPS) is 12.7. The number of hydrogen-bond donors (Lipinski definition) is 3. The predicted octanol–water partition coefficient (Wildman–Crippen LogP) is 4.47. The molecular formula is C20H22F3N5O2. The molecule has 0 atom stereocenters. The molecule has 0 saturated carbocycles. The van der Waals surface area contributed by atoms with E-state index in [1.165, 1.54) is 18.2 Å². The number of nitrogens with zero attached hydrogens (tertiary/aromatic N) is 3. The van der Waals surface area contributed by atoms with Gasteiger partial charge in [0.05, 0.1) is 11.3 Å². The van der Waals surface area contributed by atoms with Crippen molar-refractivity contribution in [2.24, 2.45) is 4.99 Å². The molecule has 0 unspecified atom stereocenters. The van der Waals surface area contributed by atoms with Gasteiger partial charge in [0.25, 0.3) is 5.91 Å². The molecule has 1 amide bonds. The van der Waals surface area contributed by atoms with Gasteiger partial charge >= 0.3 is 6.18 Å². The number of hydrogen-bond acceptors (Lipinski definition) is 4. The monoisotopic (exact) mass is 421 g/mol. The highest BCUT2D eigenvalue weighted by Gasteiger charge is 2.28. The molecule has 0 bridgehead atoms. The van der Waals surface area contributed by atoms with Crippen LogP contribution in [0.3, 0.4) is 0 Å². The zero-order valence-corrected chi connectivity index (χ0v) is 16.7. The molecule has 160 valence electrons. The molecule has 0 spiro atoms. The van der Waals surface area contributed by atoms with Gasteiger partial charge in [0.1, 0.15) is 6.54 Å². The van der Waals surface area contributed by atoms with Crippen LogP contribution in [0.4, 0.5) is 19.0 Å². The summed E-state index contributed by atoms with van der Waals surface area (Å²) in [7, 11) is 0. The highest BCUT2D eigenvalue weighted by atomic mass is 19.4. The maximum Gasteiger partial charge on any atom is 0.405 e. The van der Waals surface area contributed by atoms with Crippen LogP contribution in [-0.4, -0.2) is 44.2 Å². The Morgan fingerprint density at radius 3 is 2.67 bits per heavy atom. The summed E-state index contributed by atoms with van der Waals surface area (Å²) >= 11 is 0. The van der Waals surface area contributed by atoms with E-state index in [2.05, 4.69) is 15.1 Å². The summed E-state index contributed by atoms with van der Waals surface area (Å²) in [6, 6.07) is 6.27. The Morgan fingerprint density at radius 1 is 1.33 bits per heavy atom. The highest BCUT2D eigenvalue weighted by Crippen LogP contribution is 2.31. The minimum absolute atomic E-state index is 0.0477. The standard InChI is InChI=1S/C20H22F3N5O2/c1-4-14(25-16-7-8-28(27-16)11(2)3)17-13-9-12(5-6-15(13)26-19(17)30)18(29)24-10-20(21,22)23/h5-9,11,26,30H,4,10H2,1-3H3,(H,24,29). The Kier molecular flexibility index (Phi) is 5.86. The Hall–Kier alpha value is -3.30. The number of halogens is 3. The van der Waals surface area contributed by atoms with Gasteiger partial charge in [0.15, 0.2) is 11.7 Å². The Morgan fingerprint density at radius 2 is 2.07 bits per heavy atom. The number of nitrogens with one attached hydrogen (secondary N) is 2. The number of aromatic amines is 1. The van der Waals surface area contributed by atoms with Crippen LogP contribution in [0, 0.1) is 0 Å². The van der Waals surface area contributed by atoms with E-state index in [4.69, 9.17) is 0 Å². The number of alkyl halides is 3. The van der Waals surface area contributed by atoms with Gasteiger partial charge in [-0.3, -0.25) is 9.48 Å². The van der Waals surface area contributed by atoms with E-state index in [0.717, 1.165) is 0 Å². The summed E-state index contributed by atoms with van der Waals surface area (Å²) < 4.78 is 38.9. The van der Waals surface area contributed by atoms with Gasteiger partial charge in [0, 0.05) is 34.8 Å². The smallest absolute Gasteiger partial charge is 0.405 e. The summed E-state index contributed by atoms with van der Waals surface area (Å²) in [4.78, 5) is 19.5. The number of aromatic hydroxyl groups is 1. The number of H-pyrrole nitrogens is 1. The van der Waals surface area contributed by atoms with Gasteiger partial charge < -0.3 is 15.4 Å². The molecule has 0 saturated heterocycles. The molecule has 3 rings (SSSR count). The van der Waals surface area contributed by atoms with Gasteiger partial charge in [-0.2, -0.15) is 18.3 Å². The molecule has 0 aliphatic rings. The van der Waals surface area contributed by atoms with Crippen LogP contribution < -0.4 is 5.32 Å². The van der Waals surface area contributed by atoms with Crippen LogP contribution in [0.5, 0.6) is 5.88 Å². The van der Waals surface area contributed by atoms with Crippen LogP contribution in [0.15, 0.2) is 35.5 Å². The minimum atomic E-state index is -4.50. The van der Waals surface area contributed by atoms with Crippen LogP contribution in [0.25, 0.3) is 10.9 Å². The Labute approximate surface area is 170 Å². The SMILES string of the molecule is CCC(=Nc1ccn(C(C)C)n1)c1c(O)[nH]c2ccc(C(=O)NCC(F)(F)F)cc12. The van der Waals surface area contributed by atoms with E-state index in [1.807, 2.05) is 26.1 Å². The van der Waals surface area contributed by atoms with Crippen molar-refractivity contribution in [1.29, 1.82) is 0 Å². The largest absolute Gasteiger partial charge is 0.494 e. The van der Waals surface area contributed by atoms with E-state index >= 15 is 0 Å². The molecule has 2 heterocycles. The third-order valence-corrected chi connectivity index (χ3v) is 4.49. The third kappa shape index (κ3) is 4.64. The number of carbonyl (C=O) groups excluding carboxylic acids is 1. The predicted molar refractivity (Wildman–Crippen MR) is 107 cm³/mol. The van der Waals surface area contributed by atoms with E-state index in [-0.39, 0.29) is 17.5 Å². The van der Waals surface area contributed by atoms with Gasteiger partial charge in [-0.15, -0.1) is 0 Å². The van der Waals surface area contributed by atoms with Crippen molar-refractivity contribution in [1.82, 2.24) is 20.1 Å². The van der Waals surface area contributed by atoms with Crippen LogP contribution >= 0.6 is 0 Å². The van der Waals surface area contributed by atoms with E-state index in [1.54, 1.807) is 16.9 Å². The first-order chi connectivity index (χ1) is 14.1. The maximum absolute atomic E-state index is 12.4. The van der Waals surface area contributed by atoms with Crippen molar-refractivity contribution in [3.05, 3.63) is 41.6 Å². The first-order valence-electron chi connectivity index (χ1n) is 9.41. The number of benzene rings is 1. The lowest BCUT2D eigenvalue weighted by molar-refractivity contribution is -0.123. The average molecular weight is 421 g/mol. The maximum atomic E-state index is 12.4. The minimum Gasteiger partial charge on any atom is -0.494 e. The fraction of sp³-hybridized carbons (Fsp3) is 0.350. The van der Waals surface area contributed by atoms with Crippen molar-refractivity contribution >= 4 is 28.3 Å². The lowest BCUT2D eigenvalue weighted by Gasteiger charge is -2.09. The number of carbonyl (C=O) groups is 1. The number of rotatable bonds is 6. The zero-order valence-electron chi connectivity index (χ0n) is 16.7. The summed E-state index contributed by atoms with van der Waals surface area (Å²) in [5, 5.41) is 17.1. The van der Waals surface area contributed by atoms with Crippen LogP contribution in [-0.2, 0) is 0 Å². The van der Waals surface area contributed by atoms with Crippen molar-refractivity contribution in [2.75, 3.05) is 6.54 Å². The first kappa shape index (κ1) is 21.4. The van der Waals surface area contributed by atoms with E-state index < -0.39 is 18.6 Å². The second-order valence-corrected chi connectivity index (χ2v) is 7.07. The third-order valence-electron chi connectivity index (χ3n) is 4.49. The van der Waals surface area contributed by atoms with E-state index in [0.29, 0.717) is 34.4 Å². The molecule has 0 aliphatic heterocycles. The highest BCUT2D eigenvalue weighted by molar-refractivity contribution is 6.14. The molecular weight excluding hydrogens is 399 g/mol. The van der Waals surface area contributed by atoms with Crippen molar-refractivity contribution in [3.63, 3.8) is 0 Å². The molecule has 30 heavy (non-hydrogen) atoms. The number of aromatic nitrogens is 3. The van der Waals surface area contributed by atoms with Gasteiger partial charge in [0.2, 0.25) is 0 Å². The van der Waals surface area contributed by atoms with E-state index in [9.17, 15) is 23.1 Å². The lowest BCUT2D eigenvalue weighted by atomic mass is 10.0. The summed E-state index contributed by atoms with van der Waals surface area (Å²) in [6.07, 6.45) is -2.24. The molecule has 10 heteroatoms. The summed E-state index contributed by atoms with van der Waals surface area (Å²) in [5.74, 6) is -0.526. The number of aliphatic imine (C=N–C) groups is 1. The summed E-state index contributed by atoms with van der Waals surface area (Å²) in [6.45, 7) is 4.40. The fourth-order valence-electron chi connectivity index (χ4n) is 3.02. The molecule has 0 radical (unpaired) electrons. The van der Waals surface area contributed by atoms with Gasteiger partial charge in [-0.25, -0.2) is 4.99 Å². The Bertz CT molecular complexity index is 1100. The summed E-state index contributed by atoms with van der Waals surface area (Å²) in [5.41, 5.74) is 1.49. The van der Waals surface area contributed by atoms with Crippen molar-refractivity contribution in [2.45, 2.75) is 39.4 Å². The molecule has 2 aromatic heterocycles. The molecule has 7 nitrogen and oxygen atoms in total. The topological polar surface area (TPSA) is 95.3 Å². The lowest BCUT2D eigenvalue weighted by Crippen LogP contribution is -2.33. The van der Waals surface area contributed by atoms with Crippen molar-refractivity contribution in [3.8, 4) is 5.88 Å². The molecule has 0 aliphatic carbocycles. The second-order valence-electron chi connectivity index (χ2n) is 7.07. The van der Waals surface area contributed by atoms with Crippen LogP contribution in [0.2, 0.25) is 0 Å². The molecule has 3 N–H and O–H groups in total. The van der Waals surface area contributed by atoms with Gasteiger partial charge in [-0.1, -0.05) is 6.92 Å². The fourth-order valence-corrected chi connectivity index (χ4v) is 3.02. The molecule has 3 aromatic rings.